The Morgan fingerprint density at radius 1 is 1.06 bits per heavy atom. The molecule has 0 atom stereocenters. The van der Waals surface area contributed by atoms with Crippen LogP contribution in [0.4, 0.5) is 0 Å². The molecule has 1 saturated carbocycles. The normalized spacial score (nSPS) is 30.2. The van der Waals surface area contributed by atoms with Gasteiger partial charge in [-0.2, -0.15) is 0 Å². The van der Waals surface area contributed by atoms with Crippen molar-refractivity contribution in [1.29, 1.82) is 0 Å². The van der Waals surface area contributed by atoms with E-state index < -0.39 is 0 Å². The molecule has 1 aliphatic heterocycles. The van der Waals surface area contributed by atoms with Gasteiger partial charge in [0.15, 0.2) is 0 Å². The molecule has 1 heterocycles. The van der Waals surface area contributed by atoms with Crippen molar-refractivity contribution in [3.8, 4) is 0 Å². The summed E-state index contributed by atoms with van der Waals surface area (Å²) in [6, 6.07) is 0.702. The molecule has 0 aromatic heterocycles. The molecule has 2 nitrogen and oxygen atoms in total. The van der Waals surface area contributed by atoms with Gasteiger partial charge in [-0.05, 0) is 48.6 Å². The lowest BCUT2D eigenvalue weighted by Gasteiger charge is -2.37. The van der Waals surface area contributed by atoms with Crippen LogP contribution in [0.2, 0.25) is 0 Å². The quantitative estimate of drug-likeness (QED) is 0.787. The maximum Gasteiger partial charge on any atom is 0.0181 e. The Labute approximate surface area is 107 Å². The molecule has 0 aromatic rings. The van der Waals surface area contributed by atoms with Crippen molar-refractivity contribution in [3.63, 3.8) is 0 Å². The minimum absolute atomic E-state index is 0.467. The van der Waals surface area contributed by atoms with Gasteiger partial charge in [-0.25, -0.2) is 0 Å². The van der Waals surface area contributed by atoms with E-state index in [4.69, 9.17) is 0 Å². The lowest BCUT2D eigenvalue weighted by atomic mass is 9.76. The van der Waals surface area contributed by atoms with Crippen LogP contribution in [0.1, 0.15) is 53.9 Å². The van der Waals surface area contributed by atoms with Crippen molar-refractivity contribution in [1.82, 2.24) is 10.6 Å². The monoisotopic (exact) mass is 238 g/mol. The molecule has 1 aliphatic carbocycles. The van der Waals surface area contributed by atoms with Gasteiger partial charge in [-0.15, -0.1) is 0 Å². The van der Waals surface area contributed by atoms with Gasteiger partial charge in [0.1, 0.15) is 0 Å². The van der Waals surface area contributed by atoms with E-state index in [-0.39, 0.29) is 0 Å². The maximum atomic E-state index is 3.87. The van der Waals surface area contributed by atoms with Crippen LogP contribution in [-0.2, 0) is 0 Å². The van der Waals surface area contributed by atoms with Crippen molar-refractivity contribution in [2.75, 3.05) is 19.6 Å². The summed E-state index contributed by atoms with van der Waals surface area (Å²) in [5, 5.41) is 7.35. The highest BCUT2D eigenvalue weighted by molar-refractivity contribution is 5.18. The Morgan fingerprint density at radius 2 is 1.59 bits per heavy atom. The second kappa shape index (κ2) is 4.24. The lowest BCUT2D eigenvalue weighted by molar-refractivity contribution is 0.182. The van der Waals surface area contributed by atoms with Crippen molar-refractivity contribution >= 4 is 0 Å². The minimum atomic E-state index is 0.467. The van der Waals surface area contributed by atoms with Crippen LogP contribution in [-0.4, -0.2) is 25.7 Å². The number of hydrogen-bond donors (Lipinski definition) is 2. The van der Waals surface area contributed by atoms with Crippen molar-refractivity contribution in [3.05, 3.63) is 0 Å². The second-order valence-corrected chi connectivity index (χ2v) is 7.36. The van der Waals surface area contributed by atoms with Gasteiger partial charge < -0.3 is 10.6 Å². The molecule has 0 unspecified atom stereocenters. The highest BCUT2D eigenvalue weighted by atomic mass is 15.1. The van der Waals surface area contributed by atoms with Gasteiger partial charge >= 0.3 is 0 Å². The maximum absolute atomic E-state index is 3.87. The van der Waals surface area contributed by atoms with E-state index in [0.717, 1.165) is 0 Å². The van der Waals surface area contributed by atoms with E-state index in [1.807, 2.05) is 0 Å². The summed E-state index contributed by atoms with van der Waals surface area (Å²) in [6.45, 7) is 15.5. The van der Waals surface area contributed by atoms with Gasteiger partial charge in [0, 0.05) is 12.6 Å². The fraction of sp³-hybridized carbons (Fsp3) is 1.00. The summed E-state index contributed by atoms with van der Waals surface area (Å²) < 4.78 is 0. The number of rotatable bonds is 4. The zero-order valence-corrected chi connectivity index (χ0v) is 12.3. The third-order valence-corrected chi connectivity index (χ3v) is 6.12. The van der Waals surface area contributed by atoms with Gasteiger partial charge in [0.05, 0.1) is 0 Å². The standard InChI is InChI=1S/C15H30N2/c1-6-15(7-9-16-10-8-15)11-17-12-13(2,3)14(12,4)5/h12,16-17H,6-11H2,1-5H3. The first-order valence-electron chi connectivity index (χ1n) is 7.30. The second-order valence-electron chi connectivity index (χ2n) is 7.36. The number of piperidine rings is 1. The number of hydrogen-bond acceptors (Lipinski definition) is 2. The van der Waals surface area contributed by atoms with Gasteiger partial charge in [-0.3, -0.25) is 0 Å². The highest BCUT2D eigenvalue weighted by Crippen LogP contribution is 2.62. The Kier molecular flexibility index (Phi) is 3.33. The molecule has 100 valence electrons. The molecule has 0 amide bonds. The largest absolute Gasteiger partial charge is 0.317 e. The van der Waals surface area contributed by atoms with Crippen molar-refractivity contribution in [2.24, 2.45) is 16.2 Å². The Bertz CT molecular complexity index is 261. The molecule has 0 spiro atoms. The van der Waals surface area contributed by atoms with E-state index in [2.05, 4.69) is 45.3 Å². The molecule has 0 aromatic carbocycles. The fourth-order valence-corrected chi connectivity index (χ4v) is 3.64. The predicted molar refractivity (Wildman–Crippen MR) is 74.2 cm³/mol. The van der Waals surface area contributed by atoms with Crippen LogP contribution in [0.25, 0.3) is 0 Å². The first kappa shape index (κ1) is 13.4. The zero-order valence-electron chi connectivity index (χ0n) is 12.3. The first-order chi connectivity index (χ1) is 7.86. The smallest absolute Gasteiger partial charge is 0.0181 e. The molecule has 2 N–H and O–H groups in total. The predicted octanol–water partition coefficient (Wildman–Crippen LogP) is 2.79. The molecule has 17 heavy (non-hydrogen) atoms. The van der Waals surface area contributed by atoms with E-state index in [1.54, 1.807) is 0 Å². The molecule has 2 aliphatic rings. The molecular formula is C15H30N2. The van der Waals surface area contributed by atoms with Crippen molar-refractivity contribution < 1.29 is 0 Å². The molecule has 2 fully saturated rings. The van der Waals surface area contributed by atoms with Crippen LogP contribution in [0.5, 0.6) is 0 Å². The summed E-state index contributed by atoms with van der Waals surface area (Å²) in [4.78, 5) is 0. The molecule has 1 saturated heterocycles. The molecule has 2 rings (SSSR count). The third-order valence-electron chi connectivity index (χ3n) is 6.12. The molecule has 0 radical (unpaired) electrons. The number of nitrogens with one attached hydrogen (secondary N) is 2. The summed E-state index contributed by atoms with van der Waals surface area (Å²) in [5.41, 5.74) is 1.49. The summed E-state index contributed by atoms with van der Waals surface area (Å²) in [5.74, 6) is 0. The minimum Gasteiger partial charge on any atom is -0.317 e. The van der Waals surface area contributed by atoms with E-state index in [9.17, 15) is 0 Å². The average molecular weight is 238 g/mol. The Morgan fingerprint density at radius 3 is 2.00 bits per heavy atom. The van der Waals surface area contributed by atoms with Crippen molar-refractivity contribution in [2.45, 2.75) is 59.9 Å². The van der Waals surface area contributed by atoms with E-state index in [1.165, 1.54) is 38.9 Å². The lowest BCUT2D eigenvalue weighted by Crippen LogP contribution is -2.44. The van der Waals surface area contributed by atoms with Gasteiger partial charge in [0.25, 0.3) is 0 Å². The third kappa shape index (κ3) is 2.15. The zero-order chi connectivity index (χ0) is 12.7. The summed E-state index contributed by atoms with van der Waals surface area (Å²) in [7, 11) is 0. The molecule has 0 bridgehead atoms. The molecular weight excluding hydrogens is 208 g/mol. The van der Waals surface area contributed by atoms with Crippen LogP contribution in [0, 0.1) is 16.2 Å². The van der Waals surface area contributed by atoms with Gasteiger partial charge in [0.2, 0.25) is 0 Å². The fourth-order valence-electron chi connectivity index (χ4n) is 3.64. The van der Waals surface area contributed by atoms with Crippen LogP contribution < -0.4 is 10.6 Å². The summed E-state index contributed by atoms with van der Waals surface area (Å²) >= 11 is 0. The topological polar surface area (TPSA) is 24.1 Å². The van der Waals surface area contributed by atoms with Crippen LogP contribution in [0.15, 0.2) is 0 Å². The van der Waals surface area contributed by atoms with Crippen LogP contribution in [0.3, 0.4) is 0 Å². The van der Waals surface area contributed by atoms with Crippen LogP contribution >= 0.6 is 0 Å². The van der Waals surface area contributed by atoms with E-state index in [0.29, 0.717) is 22.3 Å². The van der Waals surface area contributed by atoms with E-state index >= 15 is 0 Å². The Hall–Kier alpha value is -0.0800. The summed E-state index contributed by atoms with van der Waals surface area (Å²) in [6.07, 6.45) is 3.99. The average Bonchev–Trinajstić information content (AvgIpc) is 2.68. The van der Waals surface area contributed by atoms with Gasteiger partial charge in [-0.1, -0.05) is 34.6 Å². The molecule has 2 heteroatoms. The Balaban J connectivity index is 1.89. The first-order valence-corrected chi connectivity index (χ1v) is 7.30. The SMILES string of the molecule is CCC1(CNC2C(C)(C)C2(C)C)CCNCC1. The highest BCUT2D eigenvalue weighted by Gasteiger charge is 2.64.